The van der Waals surface area contributed by atoms with Gasteiger partial charge < -0.3 is 10.2 Å². The minimum absolute atomic E-state index is 0.0000962. The van der Waals surface area contributed by atoms with Gasteiger partial charge in [0.05, 0.1) is 6.04 Å². The average Bonchev–Trinajstić information content (AvgIpc) is 2.92. The van der Waals surface area contributed by atoms with Crippen molar-refractivity contribution in [2.24, 2.45) is 0 Å². The second kappa shape index (κ2) is 8.20. The van der Waals surface area contributed by atoms with Crippen LogP contribution in [0.2, 0.25) is 0 Å². The van der Waals surface area contributed by atoms with Crippen molar-refractivity contribution in [1.29, 1.82) is 0 Å². The molecule has 1 atom stereocenters. The molecule has 3 rings (SSSR count). The SMILES string of the molecule is C[C@@H](NC(=O)N1CCCSCC1)c1ccc(-c2ccncc2)cc1. The molecule has 24 heavy (non-hydrogen) atoms. The fraction of sp³-hybridized carbons (Fsp3) is 0.368. The van der Waals surface area contributed by atoms with Gasteiger partial charge in [0, 0.05) is 31.2 Å². The van der Waals surface area contributed by atoms with Gasteiger partial charge in [-0.1, -0.05) is 24.3 Å². The highest BCUT2D eigenvalue weighted by atomic mass is 32.2. The number of hydrogen-bond donors (Lipinski definition) is 1. The smallest absolute Gasteiger partial charge is 0.317 e. The van der Waals surface area contributed by atoms with E-state index in [2.05, 4.69) is 34.6 Å². The lowest BCUT2D eigenvalue weighted by molar-refractivity contribution is 0.198. The summed E-state index contributed by atoms with van der Waals surface area (Å²) >= 11 is 1.93. The molecule has 0 unspecified atom stereocenters. The van der Waals surface area contributed by atoms with E-state index in [1.54, 1.807) is 12.4 Å². The maximum Gasteiger partial charge on any atom is 0.317 e. The minimum Gasteiger partial charge on any atom is -0.331 e. The number of carbonyl (C=O) groups excluding carboxylic acids is 1. The Balaban J connectivity index is 1.62. The zero-order chi connectivity index (χ0) is 16.8. The van der Waals surface area contributed by atoms with Crippen LogP contribution in [-0.4, -0.2) is 40.5 Å². The predicted molar refractivity (Wildman–Crippen MR) is 100 cm³/mol. The molecule has 0 bridgehead atoms. The van der Waals surface area contributed by atoms with Crippen LogP contribution in [0.5, 0.6) is 0 Å². The van der Waals surface area contributed by atoms with Crippen LogP contribution < -0.4 is 5.32 Å². The molecule has 1 aromatic heterocycles. The minimum atomic E-state index is -0.0000962. The molecule has 126 valence electrons. The number of nitrogens with zero attached hydrogens (tertiary/aromatic N) is 2. The Morgan fingerprint density at radius 3 is 2.54 bits per heavy atom. The number of thioether (sulfide) groups is 1. The summed E-state index contributed by atoms with van der Waals surface area (Å²) in [6, 6.07) is 12.4. The molecular weight excluding hydrogens is 318 g/mol. The highest BCUT2D eigenvalue weighted by Gasteiger charge is 2.17. The monoisotopic (exact) mass is 341 g/mol. The Morgan fingerprint density at radius 1 is 1.08 bits per heavy atom. The molecule has 1 saturated heterocycles. The first-order valence-electron chi connectivity index (χ1n) is 8.37. The number of rotatable bonds is 3. The molecule has 2 aromatic rings. The second-order valence-electron chi connectivity index (χ2n) is 5.98. The second-order valence-corrected chi connectivity index (χ2v) is 7.21. The van der Waals surface area contributed by atoms with Gasteiger partial charge in [0.2, 0.25) is 0 Å². The molecule has 1 aliphatic rings. The van der Waals surface area contributed by atoms with E-state index in [0.717, 1.165) is 47.7 Å². The summed E-state index contributed by atoms with van der Waals surface area (Å²) in [5.74, 6) is 2.18. The molecular formula is C19H23N3OS. The van der Waals surface area contributed by atoms with Crippen LogP contribution in [0.15, 0.2) is 48.8 Å². The van der Waals surface area contributed by atoms with Crippen molar-refractivity contribution in [1.82, 2.24) is 15.2 Å². The van der Waals surface area contributed by atoms with Crippen LogP contribution in [0, 0.1) is 0 Å². The Morgan fingerprint density at radius 2 is 1.79 bits per heavy atom. The van der Waals surface area contributed by atoms with E-state index >= 15 is 0 Å². The summed E-state index contributed by atoms with van der Waals surface area (Å²) in [6.07, 6.45) is 4.67. The molecule has 0 saturated carbocycles. The van der Waals surface area contributed by atoms with E-state index in [0.29, 0.717) is 0 Å². The summed E-state index contributed by atoms with van der Waals surface area (Å²) < 4.78 is 0. The summed E-state index contributed by atoms with van der Waals surface area (Å²) in [4.78, 5) is 18.4. The molecule has 0 aliphatic carbocycles. The Bertz CT molecular complexity index is 652. The first kappa shape index (κ1) is 16.8. The van der Waals surface area contributed by atoms with E-state index < -0.39 is 0 Å². The van der Waals surface area contributed by atoms with Crippen LogP contribution in [0.1, 0.15) is 24.9 Å². The number of pyridine rings is 1. The lowest BCUT2D eigenvalue weighted by Gasteiger charge is -2.23. The van der Waals surface area contributed by atoms with Crippen molar-refractivity contribution in [3.05, 3.63) is 54.4 Å². The molecule has 4 nitrogen and oxygen atoms in total. The van der Waals surface area contributed by atoms with Crippen molar-refractivity contribution >= 4 is 17.8 Å². The lowest BCUT2D eigenvalue weighted by atomic mass is 10.0. The predicted octanol–water partition coefficient (Wildman–Crippen LogP) is 3.96. The molecule has 2 heterocycles. The number of carbonyl (C=O) groups is 1. The van der Waals surface area contributed by atoms with E-state index in [4.69, 9.17) is 0 Å². The first-order valence-corrected chi connectivity index (χ1v) is 9.53. The first-order chi connectivity index (χ1) is 11.7. The van der Waals surface area contributed by atoms with Gasteiger partial charge in [0.15, 0.2) is 0 Å². The summed E-state index contributed by atoms with van der Waals surface area (Å²) in [6.45, 7) is 3.72. The Labute approximate surface area is 147 Å². The quantitative estimate of drug-likeness (QED) is 0.919. The fourth-order valence-corrected chi connectivity index (χ4v) is 3.70. The van der Waals surface area contributed by atoms with E-state index in [9.17, 15) is 4.79 Å². The van der Waals surface area contributed by atoms with Gasteiger partial charge in [0.1, 0.15) is 0 Å². The van der Waals surface area contributed by atoms with Gasteiger partial charge in [-0.2, -0.15) is 11.8 Å². The highest BCUT2D eigenvalue weighted by molar-refractivity contribution is 7.99. The zero-order valence-electron chi connectivity index (χ0n) is 13.9. The molecule has 1 aliphatic heterocycles. The maximum absolute atomic E-state index is 12.4. The number of aromatic nitrogens is 1. The Hall–Kier alpha value is -2.01. The van der Waals surface area contributed by atoms with E-state index in [-0.39, 0.29) is 12.1 Å². The summed E-state index contributed by atoms with van der Waals surface area (Å²) in [5, 5.41) is 3.12. The van der Waals surface area contributed by atoms with Crippen LogP contribution in [-0.2, 0) is 0 Å². The topological polar surface area (TPSA) is 45.2 Å². The molecule has 1 N–H and O–H groups in total. The Kier molecular flexibility index (Phi) is 5.75. The highest BCUT2D eigenvalue weighted by Crippen LogP contribution is 2.21. The van der Waals surface area contributed by atoms with Gasteiger partial charge in [-0.15, -0.1) is 0 Å². The normalized spacial score (nSPS) is 16.3. The molecule has 2 amide bonds. The van der Waals surface area contributed by atoms with Crippen LogP contribution in [0.25, 0.3) is 11.1 Å². The third kappa shape index (κ3) is 4.29. The largest absolute Gasteiger partial charge is 0.331 e. The average molecular weight is 341 g/mol. The van der Waals surface area contributed by atoms with Gasteiger partial charge >= 0.3 is 6.03 Å². The summed E-state index contributed by atoms with van der Waals surface area (Å²) in [7, 11) is 0. The molecule has 1 aromatic carbocycles. The van der Waals surface area contributed by atoms with Gasteiger partial charge in [-0.05, 0) is 47.9 Å². The van der Waals surface area contributed by atoms with Crippen LogP contribution in [0.4, 0.5) is 4.79 Å². The van der Waals surface area contributed by atoms with Crippen molar-refractivity contribution in [2.75, 3.05) is 24.6 Å². The standard InChI is InChI=1S/C19H23N3OS/c1-15(21-19(23)22-11-2-13-24-14-12-22)16-3-5-17(6-4-16)18-7-9-20-10-8-18/h3-10,15H,2,11-14H2,1H3,(H,21,23)/t15-/m1/s1. The van der Waals surface area contributed by atoms with Crippen LogP contribution in [0.3, 0.4) is 0 Å². The van der Waals surface area contributed by atoms with E-state index in [1.165, 1.54) is 0 Å². The van der Waals surface area contributed by atoms with Crippen LogP contribution >= 0.6 is 11.8 Å². The molecule has 0 radical (unpaired) electrons. The molecule has 1 fully saturated rings. The lowest BCUT2D eigenvalue weighted by Crippen LogP contribution is -2.42. The number of hydrogen-bond acceptors (Lipinski definition) is 3. The van der Waals surface area contributed by atoms with E-state index in [1.807, 2.05) is 35.7 Å². The fourth-order valence-electron chi connectivity index (χ4n) is 2.82. The number of nitrogens with one attached hydrogen (secondary N) is 1. The van der Waals surface area contributed by atoms with Gasteiger partial charge in [0.25, 0.3) is 0 Å². The van der Waals surface area contributed by atoms with Crippen molar-refractivity contribution in [3.63, 3.8) is 0 Å². The van der Waals surface area contributed by atoms with Crippen molar-refractivity contribution in [3.8, 4) is 11.1 Å². The van der Waals surface area contributed by atoms with Gasteiger partial charge in [-0.25, -0.2) is 4.79 Å². The van der Waals surface area contributed by atoms with Crippen molar-refractivity contribution in [2.45, 2.75) is 19.4 Å². The third-order valence-electron chi connectivity index (χ3n) is 4.27. The zero-order valence-corrected chi connectivity index (χ0v) is 14.8. The number of amides is 2. The van der Waals surface area contributed by atoms with Crippen molar-refractivity contribution < 1.29 is 4.79 Å². The summed E-state index contributed by atoms with van der Waals surface area (Å²) in [5.41, 5.74) is 3.42. The maximum atomic E-state index is 12.4. The number of benzene rings is 1. The third-order valence-corrected chi connectivity index (χ3v) is 5.32. The molecule has 5 heteroatoms. The number of urea groups is 1. The van der Waals surface area contributed by atoms with Gasteiger partial charge in [-0.3, -0.25) is 4.98 Å². The molecule has 0 spiro atoms.